The molecule has 3 fully saturated rings. The van der Waals surface area contributed by atoms with E-state index in [2.05, 4.69) is 22.5 Å². The van der Waals surface area contributed by atoms with Gasteiger partial charge in [0, 0.05) is 43.7 Å². The molecule has 0 aromatic rings. The van der Waals surface area contributed by atoms with Gasteiger partial charge in [-0.3, -0.25) is 9.80 Å². The number of hydrogen-bond acceptors (Lipinski definition) is 4. The van der Waals surface area contributed by atoms with Crippen molar-refractivity contribution in [2.75, 3.05) is 19.6 Å². The van der Waals surface area contributed by atoms with Gasteiger partial charge in [-0.15, -0.1) is 0 Å². The summed E-state index contributed by atoms with van der Waals surface area (Å²) in [4.78, 5) is 11.5. The van der Waals surface area contributed by atoms with E-state index in [4.69, 9.17) is 0 Å². The number of hydrazone groups is 1. The fourth-order valence-corrected chi connectivity index (χ4v) is 3.17. The van der Waals surface area contributed by atoms with Crippen LogP contribution in [0, 0.1) is 5.41 Å². The summed E-state index contributed by atoms with van der Waals surface area (Å²) in [5.74, 6) is 0.182. The summed E-state index contributed by atoms with van der Waals surface area (Å²) in [6, 6.07) is 1.15. The SMILES string of the molecule is C=NN1C[C@H](NC2CC2)CC2(CNC(=O)C2)C1. The lowest BCUT2D eigenvalue weighted by molar-refractivity contribution is -0.120. The van der Waals surface area contributed by atoms with Crippen molar-refractivity contribution in [2.45, 2.75) is 37.8 Å². The molecule has 3 rings (SSSR count). The quantitative estimate of drug-likeness (QED) is 0.675. The molecule has 1 aliphatic carbocycles. The third kappa shape index (κ3) is 2.29. The second kappa shape index (κ2) is 3.98. The first kappa shape index (κ1) is 11.0. The van der Waals surface area contributed by atoms with Crippen molar-refractivity contribution in [3.05, 3.63) is 0 Å². The zero-order valence-electron chi connectivity index (χ0n) is 10.1. The van der Waals surface area contributed by atoms with Gasteiger partial charge in [-0.05, 0) is 19.3 Å². The summed E-state index contributed by atoms with van der Waals surface area (Å²) in [5.41, 5.74) is 0.0725. The van der Waals surface area contributed by atoms with Gasteiger partial charge in [-0.1, -0.05) is 0 Å². The molecule has 1 spiro atoms. The molecule has 2 saturated heterocycles. The molecule has 17 heavy (non-hydrogen) atoms. The highest BCUT2D eigenvalue weighted by Crippen LogP contribution is 2.37. The minimum atomic E-state index is 0.0725. The van der Waals surface area contributed by atoms with Crippen LogP contribution in [0.5, 0.6) is 0 Å². The largest absolute Gasteiger partial charge is 0.355 e. The molecule has 0 aromatic heterocycles. The van der Waals surface area contributed by atoms with E-state index in [1.165, 1.54) is 12.8 Å². The van der Waals surface area contributed by atoms with Gasteiger partial charge in [0.2, 0.25) is 5.91 Å². The van der Waals surface area contributed by atoms with Gasteiger partial charge < -0.3 is 10.6 Å². The van der Waals surface area contributed by atoms with Gasteiger partial charge in [0.15, 0.2) is 0 Å². The summed E-state index contributed by atoms with van der Waals surface area (Å²) in [5, 5.41) is 12.7. The molecule has 1 saturated carbocycles. The van der Waals surface area contributed by atoms with Crippen LogP contribution in [-0.4, -0.2) is 49.4 Å². The van der Waals surface area contributed by atoms with Crippen molar-refractivity contribution in [1.29, 1.82) is 0 Å². The van der Waals surface area contributed by atoms with Crippen molar-refractivity contribution in [1.82, 2.24) is 15.6 Å². The van der Waals surface area contributed by atoms with Gasteiger partial charge in [0.1, 0.15) is 0 Å². The highest BCUT2D eigenvalue weighted by atomic mass is 16.1. The summed E-state index contributed by atoms with van der Waals surface area (Å²) in [6.45, 7) is 6.21. The molecule has 5 nitrogen and oxygen atoms in total. The van der Waals surface area contributed by atoms with Crippen LogP contribution < -0.4 is 10.6 Å². The van der Waals surface area contributed by atoms with Gasteiger partial charge in [0.25, 0.3) is 0 Å². The topological polar surface area (TPSA) is 56.7 Å². The Labute approximate surface area is 102 Å². The summed E-state index contributed by atoms with van der Waals surface area (Å²) in [7, 11) is 0. The molecule has 2 aliphatic heterocycles. The molecule has 0 aromatic carbocycles. The first-order valence-electron chi connectivity index (χ1n) is 6.43. The van der Waals surface area contributed by atoms with Crippen LogP contribution >= 0.6 is 0 Å². The van der Waals surface area contributed by atoms with E-state index in [0.717, 1.165) is 26.1 Å². The summed E-state index contributed by atoms with van der Waals surface area (Å²) < 4.78 is 0. The molecule has 0 bridgehead atoms. The van der Waals surface area contributed by atoms with Gasteiger partial charge in [-0.25, -0.2) is 0 Å². The fourth-order valence-electron chi connectivity index (χ4n) is 3.17. The van der Waals surface area contributed by atoms with Gasteiger partial charge in [0.05, 0.1) is 6.54 Å². The van der Waals surface area contributed by atoms with Crippen LogP contribution in [-0.2, 0) is 4.79 Å². The van der Waals surface area contributed by atoms with Crippen LogP contribution in [0.25, 0.3) is 0 Å². The lowest BCUT2D eigenvalue weighted by Crippen LogP contribution is -2.53. The van der Waals surface area contributed by atoms with Crippen LogP contribution in [0.2, 0.25) is 0 Å². The first-order valence-corrected chi connectivity index (χ1v) is 6.43. The Kier molecular flexibility index (Phi) is 2.58. The van der Waals surface area contributed by atoms with Crippen LogP contribution in [0.15, 0.2) is 5.10 Å². The van der Waals surface area contributed by atoms with E-state index in [0.29, 0.717) is 18.5 Å². The van der Waals surface area contributed by atoms with Crippen LogP contribution in [0.3, 0.4) is 0 Å². The van der Waals surface area contributed by atoms with E-state index in [-0.39, 0.29) is 11.3 Å². The van der Waals surface area contributed by atoms with Crippen molar-refractivity contribution in [3.63, 3.8) is 0 Å². The number of carbonyl (C=O) groups excluding carboxylic acids is 1. The summed E-state index contributed by atoms with van der Waals surface area (Å²) >= 11 is 0. The van der Waals surface area contributed by atoms with Crippen molar-refractivity contribution >= 4 is 12.6 Å². The van der Waals surface area contributed by atoms with E-state index >= 15 is 0 Å². The van der Waals surface area contributed by atoms with E-state index in [1.54, 1.807) is 0 Å². The predicted octanol–water partition coefficient (Wildman–Crippen LogP) is -0.0654. The highest BCUT2D eigenvalue weighted by molar-refractivity contribution is 5.79. The fraction of sp³-hybridized carbons (Fsp3) is 0.833. The number of amides is 1. The minimum Gasteiger partial charge on any atom is -0.355 e. The number of carbonyl (C=O) groups is 1. The molecule has 1 amide bonds. The second-order valence-electron chi connectivity index (χ2n) is 5.78. The monoisotopic (exact) mass is 236 g/mol. The first-order chi connectivity index (χ1) is 8.19. The molecular formula is C12H20N4O. The predicted molar refractivity (Wildman–Crippen MR) is 65.7 cm³/mol. The van der Waals surface area contributed by atoms with Gasteiger partial charge >= 0.3 is 0 Å². The Morgan fingerprint density at radius 1 is 1.47 bits per heavy atom. The third-order valence-corrected chi connectivity index (χ3v) is 4.07. The zero-order chi connectivity index (χ0) is 11.9. The molecule has 2 atom stereocenters. The van der Waals surface area contributed by atoms with Crippen LogP contribution in [0.4, 0.5) is 0 Å². The Morgan fingerprint density at radius 3 is 2.88 bits per heavy atom. The Bertz CT molecular complexity index is 341. The number of rotatable bonds is 3. The maximum Gasteiger partial charge on any atom is 0.220 e. The van der Waals surface area contributed by atoms with Crippen LogP contribution in [0.1, 0.15) is 25.7 Å². The van der Waals surface area contributed by atoms with E-state index < -0.39 is 0 Å². The average molecular weight is 236 g/mol. The highest BCUT2D eigenvalue weighted by Gasteiger charge is 2.45. The number of nitrogens with zero attached hydrogens (tertiary/aromatic N) is 2. The normalized spacial score (nSPS) is 37.3. The number of piperidine rings is 1. The van der Waals surface area contributed by atoms with Crippen molar-refractivity contribution in [2.24, 2.45) is 10.5 Å². The zero-order valence-corrected chi connectivity index (χ0v) is 10.1. The Morgan fingerprint density at radius 2 is 2.29 bits per heavy atom. The molecule has 2 N–H and O–H groups in total. The number of hydrogen-bond donors (Lipinski definition) is 2. The third-order valence-electron chi connectivity index (χ3n) is 4.07. The van der Waals surface area contributed by atoms with Crippen molar-refractivity contribution in [3.8, 4) is 0 Å². The average Bonchev–Trinajstić information content (AvgIpc) is 3.04. The number of nitrogens with one attached hydrogen (secondary N) is 2. The Balaban J connectivity index is 1.70. The Hall–Kier alpha value is -1.10. The second-order valence-corrected chi connectivity index (χ2v) is 5.78. The molecule has 3 aliphatic rings. The van der Waals surface area contributed by atoms with E-state index in [1.807, 2.05) is 5.01 Å². The van der Waals surface area contributed by atoms with E-state index in [9.17, 15) is 4.79 Å². The maximum atomic E-state index is 11.5. The lowest BCUT2D eigenvalue weighted by atomic mass is 9.77. The lowest BCUT2D eigenvalue weighted by Gasteiger charge is -2.42. The molecule has 94 valence electrons. The summed E-state index contributed by atoms with van der Waals surface area (Å²) in [6.07, 6.45) is 4.31. The molecule has 5 heteroatoms. The molecular weight excluding hydrogens is 216 g/mol. The smallest absolute Gasteiger partial charge is 0.220 e. The molecule has 0 radical (unpaired) electrons. The van der Waals surface area contributed by atoms with Gasteiger partial charge in [-0.2, -0.15) is 5.10 Å². The maximum absolute atomic E-state index is 11.5. The molecule has 1 unspecified atom stereocenters. The minimum absolute atomic E-state index is 0.0725. The van der Waals surface area contributed by atoms with Crippen molar-refractivity contribution < 1.29 is 4.79 Å². The molecule has 2 heterocycles. The standard InChI is InChI=1S/C12H20N4O/c1-13-16-6-10(15-9-2-3-9)4-12(8-16)5-11(17)14-7-12/h9-10,15H,1-8H2,(H,14,17)/t10-,12?/m1/s1.